The number of hydrogen-bond donors (Lipinski definition) is 0. The van der Waals surface area contributed by atoms with Gasteiger partial charge in [-0.05, 0) is 58.3 Å². The molecule has 2 saturated carbocycles. The van der Waals surface area contributed by atoms with E-state index < -0.39 is 0 Å². The molecule has 0 saturated heterocycles. The molecule has 0 radical (unpaired) electrons. The molecule has 0 amide bonds. The van der Waals surface area contributed by atoms with E-state index in [9.17, 15) is 4.79 Å². The van der Waals surface area contributed by atoms with Gasteiger partial charge in [0.15, 0.2) is 0 Å². The van der Waals surface area contributed by atoms with Gasteiger partial charge in [-0.25, -0.2) is 0 Å². The fourth-order valence-electron chi connectivity index (χ4n) is 3.55. The predicted octanol–water partition coefficient (Wildman–Crippen LogP) is 4.08. The standard InChI is InChI=1S/C15H26O2/c1-14(2,3)17-13(16)12-7-10-15(11-12)8-5-4-6-9-15/h12H,4-11H2,1-3H3. The lowest BCUT2D eigenvalue weighted by Gasteiger charge is -2.33. The van der Waals surface area contributed by atoms with Crippen LogP contribution in [0.4, 0.5) is 0 Å². The molecule has 2 fully saturated rings. The minimum Gasteiger partial charge on any atom is -0.460 e. The third kappa shape index (κ3) is 3.23. The molecule has 0 aromatic heterocycles. The SMILES string of the molecule is CC(C)(C)OC(=O)C1CCC2(CCCCC2)C1. The van der Waals surface area contributed by atoms with Crippen LogP contribution < -0.4 is 0 Å². The minimum atomic E-state index is -0.334. The Kier molecular flexibility index (Phi) is 3.51. The topological polar surface area (TPSA) is 26.3 Å². The molecule has 2 nitrogen and oxygen atoms in total. The van der Waals surface area contributed by atoms with Gasteiger partial charge in [-0.3, -0.25) is 4.79 Å². The van der Waals surface area contributed by atoms with E-state index in [1.165, 1.54) is 38.5 Å². The Morgan fingerprint density at radius 3 is 2.35 bits per heavy atom. The Morgan fingerprint density at radius 2 is 1.76 bits per heavy atom. The average molecular weight is 238 g/mol. The van der Waals surface area contributed by atoms with Gasteiger partial charge >= 0.3 is 5.97 Å². The molecule has 0 aromatic rings. The molecule has 0 bridgehead atoms. The summed E-state index contributed by atoms with van der Waals surface area (Å²) in [6.07, 6.45) is 10.2. The van der Waals surface area contributed by atoms with E-state index in [1.807, 2.05) is 20.8 Å². The zero-order valence-corrected chi connectivity index (χ0v) is 11.6. The van der Waals surface area contributed by atoms with Gasteiger partial charge in [0.2, 0.25) is 0 Å². The Morgan fingerprint density at radius 1 is 1.12 bits per heavy atom. The first-order valence-electron chi connectivity index (χ1n) is 7.13. The van der Waals surface area contributed by atoms with Gasteiger partial charge in [0.25, 0.3) is 0 Å². The molecule has 2 aliphatic carbocycles. The fraction of sp³-hybridized carbons (Fsp3) is 0.933. The molecule has 98 valence electrons. The largest absolute Gasteiger partial charge is 0.460 e. The Balaban J connectivity index is 1.91. The van der Waals surface area contributed by atoms with E-state index >= 15 is 0 Å². The van der Waals surface area contributed by atoms with Crippen LogP contribution in [0, 0.1) is 11.3 Å². The number of esters is 1. The number of rotatable bonds is 1. The number of hydrogen-bond acceptors (Lipinski definition) is 2. The van der Waals surface area contributed by atoms with Gasteiger partial charge in [-0.1, -0.05) is 19.3 Å². The van der Waals surface area contributed by atoms with Crippen LogP contribution >= 0.6 is 0 Å². The Labute approximate surface area is 105 Å². The van der Waals surface area contributed by atoms with Crippen molar-refractivity contribution in [1.82, 2.24) is 0 Å². The molecule has 1 atom stereocenters. The van der Waals surface area contributed by atoms with E-state index in [1.54, 1.807) is 0 Å². The second kappa shape index (κ2) is 4.62. The Bertz CT molecular complexity index is 282. The van der Waals surface area contributed by atoms with E-state index in [4.69, 9.17) is 4.74 Å². The first-order valence-corrected chi connectivity index (χ1v) is 7.13. The number of carbonyl (C=O) groups excluding carboxylic acids is 1. The first kappa shape index (κ1) is 12.9. The lowest BCUT2D eigenvalue weighted by Crippen LogP contribution is -2.29. The molecule has 2 heteroatoms. The summed E-state index contributed by atoms with van der Waals surface area (Å²) in [5.74, 6) is 0.215. The molecule has 1 spiro atoms. The normalized spacial score (nSPS) is 28.3. The molecule has 17 heavy (non-hydrogen) atoms. The maximum absolute atomic E-state index is 12.1. The van der Waals surface area contributed by atoms with Gasteiger partial charge in [0, 0.05) is 0 Å². The summed E-state index contributed by atoms with van der Waals surface area (Å²) in [7, 11) is 0. The number of ether oxygens (including phenoxy) is 1. The van der Waals surface area contributed by atoms with Crippen LogP contribution in [-0.2, 0) is 9.53 Å². The average Bonchev–Trinajstić information content (AvgIpc) is 2.61. The van der Waals surface area contributed by atoms with Crippen LogP contribution in [0.25, 0.3) is 0 Å². The quantitative estimate of drug-likeness (QED) is 0.643. The summed E-state index contributed by atoms with van der Waals surface area (Å²) < 4.78 is 5.52. The molecular weight excluding hydrogens is 212 g/mol. The van der Waals surface area contributed by atoms with Crippen molar-refractivity contribution in [3.8, 4) is 0 Å². The summed E-state index contributed by atoms with van der Waals surface area (Å²) in [6.45, 7) is 5.86. The van der Waals surface area contributed by atoms with Crippen molar-refractivity contribution >= 4 is 5.97 Å². The molecule has 1 unspecified atom stereocenters. The third-order valence-electron chi connectivity index (χ3n) is 4.36. The molecule has 0 N–H and O–H groups in total. The zero-order valence-electron chi connectivity index (χ0n) is 11.6. The second-order valence-electron chi connectivity index (χ2n) is 7.03. The molecule has 0 heterocycles. The van der Waals surface area contributed by atoms with Crippen molar-refractivity contribution in [3.05, 3.63) is 0 Å². The van der Waals surface area contributed by atoms with E-state index in [0.29, 0.717) is 5.41 Å². The Hall–Kier alpha value is -0.530. The number of carbonyl (C=O) groups is 1. The summed E-state index contributed by atoms with van der Waals surface area (Å²) in [6, 6.07) is 0. The van der Waals surface area contributed by atoms with Crippen LogP contribution in [0.2, 0.25) is 0 Å². The van der Waals surface area contributed by atoms with Crippen LogP contribution in [0.15, 0.2) is 0 Å². The third-order valence-corrected chi connectivity index (χ3v) is 4.36. The predicted molar refractivity (Wildman–Crippen MR) is 68.7 cm³/mol. The summed E-state index contributed by atoms with van der Waals surface area (Å²) in [5.41, 5.74) is 0.166. The van der Waals surface area contributed by atoms with Crippen molar-refractivity contribution < 1.29 is 9.53 Å². The highest BCUT2D eigenvalue weighted by Crippen LogP contribution is 2.51. The van der Waals surface area contributed by atoms with Crippen molar-refractivity contribution in [2.75, 3.05) is 0 Å². The van der Waals surface area contributed by atoms with Crippen molar-refractivity contribution in [2.45, 2.75) is 77.7 Å². The smallest absolute Gasteiger partial charge is 0.309 e. The maximum Gasteiger partial charge on any atom is 0.309 e. The molecular formula is C15H26O2. The van der Waals surface area contributed by atoms with Crippen molar-refractivity contribution in [1.29, 1.82) is 0 Å². The van der Waals surface area contributed by atoms with E-state index in [0.717, 1.165) is 12.8 Å². The lowest BCUT2D eigenvalue weighted by atomic mass is 9.72. The fourth-order valence-corrected chi connectivity index (χ4v) is 3.55. The molecule has 0 aromatic carbocycles. The highest BCUT2D eigenvalue weighted by Gasteiger charge is 2.43. The second-order valence-corrected chi connectivity index (χ2v) is 7.03. The van der Waals surface area contributed by atoms with Gasteiger partial charge < -0.3 is 4.74 Å². The van der Waals surface area contributed by atoms with Crippen LogP contribution in [-0.4, -0.2) is 11.6 Å². The van der Waals surface area contributed by atoms with E-state index in [-0.39, 0.29) is 17.5 Å². The van der Waals surface area contributed by atoms with Crippen molar-refractivity contribution in [3.63, 3.8) is 0 Å². The van der Waals surface area contributed by atoms with Crippen molar-refractivity contribution in [2.24, 2.45) is 11.3 Å². The van der Waals surface area contributed by atoms with Crippen LogP contribution in [0.3, 0.4) is 0 Å². The van der Waals surface area contributed by atoms with Crippen LogP contribution in [0.1, 0.15) is 72.1 Å². The molecule has 2 aliphatic rings. The zero-order chi connectivity index (χ0) is 12.5. The summed E-state index contributed by atoms with van der Waals surface area (Å²) in [5, 5.41) is 0. The van der Waals surface area contributed by atoms with Gasteiger partial charge in [0.1, 0.15) is 5.60 Å². The minimum absolute atomic E-state index is 0.0416. The van der Waals surface area contributed by atoms with Gasteiger partial charge in [-0.15, -0.1) is 0 Å². The van der Waals surface area contributed by atoms with Gasteiger partial charge in [-0.2, -0.15) is 0 Å². The summed E-state index contributed by atoms with van der Waals surface area (Å²) >= 11 is 0. The van der Waals surface area contributed by atoms with E-state index in [2.05, 4.69) is 0 Å². The maximum atomic E-state index is 12.1. The highest BCUT2D eigenvalue weighted by molar-refractivity contribution is 5.73. The van der Waals surface area contributed by atoms with Crippen LogP contribution in [0.5, 0.6) is 0 Å². The van der Waals surface area contributed by atoms with Gasteiger partial charge in [0.05, 0.1) is 5.92 Å². The molecule has 2 rings (SSSR count). The monoisotopic (exact) mass is 238 g/mol. The first-order chi connectivity index (χ1) is 7.90. The summed E-state index contributed by atoms with van der Waals surface area (Å²) in [4.78, 5) is 12.1. The highest BCUT2D eigenvalue weighted by atomic mass is 16.6. The molecule has 0 aliphatic heterocycles. The lowest BCUT2D eigenvalue weighted by molar-refractivity contribution is -0.160.